The Hall–Kier alpha value is -2.59. The van der Waals surface area contributed by atoms with Gasteiger partial charge >= 0.3 is 6.18 Å². The summed E-state index contributed by atoms with van der Waals surface area (Å²) in [7, 11) is 1.63. The SMILES string of the molecule is CN(C[C@H]1COCCO1)C(=O)c1cc(COc2cccc(C(F)(F)F)c2)[nH]n1. The zero-order valence-electron chi connectivity index (χ0n) is 15.2. The molecule has 10 heteroatoms. The van der Waals surface area contributed by atoms with E-state index in [0.29, 0.717) is 32.1 Å². The maximum Gasteiger partial charge on any atom is 0.416 e. The number of carbonyl (C=O) groups is 1. The summed E-state index contributed by atoms with van der Waals surface area (Å²) in [4.78, 5) is 13.9. The van der Waals surface area contributed by atoms with Gasteiger partial charge in [-0.2, -0.15) is 18.3 Å². The predicted molar refractivity (Wildman–Crippen MR) is 91.9 cm³/mol. The van der Waals surface area contributed by atoms with E-state index in [1.165, 1.54) is 23.1 Å². The molecule has 0 spiro atoms. The second-order valence-corrected chi connectivity index (χ2v) is 6.35. The molecule has 1 aliphatic heterocycles. The van der Waals surface area contributed by atoms with Gasteiger partial charge in [-0.3, -0.25) is 9.89 Å². The van der Waals surface area contributed by atoms with Crippen molar-refractivity contribution in [2.45, 2.75) is 18.9 Å². The van der Waals surface area contributed by atoms with Gasteiger partial charge in [0.05, 0.1) is 37.2 Å². The molecular weight excluding hydrogens is 379 g/mol. The van der Waals surface area contributed by atoms with Gasteiger partial charge in [0.25, 0.3) is 5.91 Å². The average molecular weight is 399 g/mol. The third-order valence-corrected chi connectivity index (χ3v) is 4.11. The number of nitrogens with one attached hydrogen (secondary N) is 1. The molecule has 2 heterocycles. The summed E-state index contributed by atoms with van der Waals surface area (Å²) in [5.74, 6) is -0.236. The Morgan fingerprint density at radius 3 is 2.89 bits per heavy atom. The van der Waals surface area contributed by atoms with Crippen molar-refractivity contribution in [3.05, 3.63) is 47.3 Å². The normalized spacial score (nSPS) is 17.4. The molecule has 3 rings (SSSR count). The minimum absolute atomic E-state index is 0.0507. The molecule has 152 valence electrons. The van der Waals surface area contributed by atoms with Crippen LogP contribution in [0.3, 0.4) is 0 Å². The smallest absolute Gasteiger partial charge is 0.416 e. The third-order valence-electron chi connectivity index (χ3n) is 4.11. The molecule has 1 N–H and O–H groups in total. The third kappa shape index (κ3) is 5.23. The van der Waals surface area contributed by atoms with Crippen LogP contribution in [0.15, 0.2) is 30.3 Å². The van der Waals surface area contributed by atoms with E-state index in [0.717, 1.165) is 12.1 Å². The first-order valence-corrected chi connectivity index (χ1v) is 8.62. The van der Waals surface area contributed by atoms with E-state index in [4.69, 9.17) is 14.2 Å². The topological polar surface area (TPSA) is 76.7 Å². The lowest BCUT2D eigenvalue weighted by Crippen LogP contribution is -2.40. The van der Waals surface area contributed by atoms with Gasteiger partial charge in [0, 0.05) is 13.6 Å². The first-order valence-electron chi connectivity index (χ1n) is 8.62. The number of hydrogen-bond donors (Lipinski definition) is 1. The summed E-state index contributed by atoms with van der Waals surface area (Å²) in [5, 5.41) is 6.61. The molecule has 0 bridgehead atoms. The highest BCUT2D eigenvalue weighted by Crippen LogP contribution is 2.31. The second-order valence-electron chi connectivity index (χ2n) is 6.35. The lowest BCUT2D eigenvalue weighted by atomic mass is 10.2. The standard InChI is InChI=1S/C18H20F3N3O4/c1-24(9-15-11-26-5-6-27-15)17(25)16-8-13(22-23-16)10-28-14-4-2-3-12(7-14)18(19,20)21/h2-4,7-8,15H,5-6,9-11H2,1H3,(H,22,23)/t15-/m0/s1. The monoisotopic (exact) mass is 399 g/mol. The van der Waals surface area contributed by atoms with Crippen LogP contribution in [0.4, 0.5) is 13.2 Å². The fourth-order valence-electron chi connectivity index (χ4n) is 2.69. The number of carbonyl (C=O) groups excluding carboxylic acids is 1. The van der Waals surface area contributed by atoms with Crippen LogP contribution in [-0.2, 0) is 22.3 Å². The Morgan fingerprint density at radius 2 is 2.18 bits per heavy atom. The molecule has 1 aliphatic rings. The molecule has 0 saturated carbocycles. The molecule has 1 saturated heterocycles. The lowest BCUT2D eigenvalue weighted by molar-refractivity contribution is -0.137. The fraction of sp³-hybridized carbons (Fsp3) is 0.444. The van der Waals surface area contributed by atoms with Gasteiger partial charge in [-0.15, -0.1) is 0 Å². The lowest BCUT2D eigenvalue weighted by Gasteiger charge is -2.27. The number of rotatable bonds is 6. The van der Waals surface area contributed by atoms with Crippen LogP contribution in [0.5, 0.6) is 5.75 Å². The number of nitrogens with zero attached hydrogens (tertiary/aromatic N) is 2. The van der Waals surface area contributed by atoms with Crippen molar-refractivity contribution < 1.29 is 32.2 Å². The van der Waals surface area contributed by atoms with E-state index in [2.05, 4.69) is 10.2 Å². The highest BCUT2D eigenvalue weighted by atomic mass is 19.4. The molecule has 0 unspecified atom stereocenters. The average Bonchev–Trinajstić information content (AvgIpc) is 3.15. The minimum atomic E-state index is -4.44. The Labute approximate surface area is 159 Å². The maximum absolute atomic E-state index is 12.7. The molecule has 1 amide bonds. The second kappa shape index (κ2) is 8.61. The van der Waals surface area contributed by atoms with Crippen LogP contribution < -0.4 is 4.74 Å². The number of likely N-dealkylation sites (N-methyl/N-ethyl adjacent to an activating group) is 1. The van der Waals surface area contributed by atoms with Gasteiger partial charge in [-0.1, -0.05) is 6.07 Å². The molecule has 1 aromatic carbocycles. The largest absolute Gasteiger partial charge is 0.487 e. The van der Waals surface area contributed by atoms with Gasteiger partial charge < -0.3 is 19.1 Å². The van der Waals surface area contributed by atoms with Gasteiger partial charge in [0.15, 0.2) is 5.69 Å². The van der Waals surface area contributed by atoms with Crippen LogP contribution in [0, 0.1) is 0 Å². The quantitative estimate of drug-likeness (QED) is 0.808. The molecule has 1 fully saturated rings. The summed E-state index contributed by atoms with van der Waals surface area (Å²) in [6.45, 7) is 1.77. The summed E-state index contributed by atoms with van der Waals surface area (Å²) in [5.41, 5.74) is -0.144. The van der Waals surface area contributed by atoms with Crippen LogP contribution in [-0.4, -0.2) is 60.5 Å². The van der Waals surface area contributed by atoms with Crippen LogP contribution in [0.25, 0.3) is 0 Å². The maximum atomic E-state index is 12.7. The van der Waals surface area contributed by atoms with Gasteiger partial charge in [-0.25, -0.2) is 0 Å². The number of ether oxygens (including phenoxy) is 3. The van der Waals surface area contributed by atoms with E-state index < -0.39 is 11.7 Å². The van der Waals surface area contributed by atoms with Gasteiger partial charge in [0.2, 0.25) is 0 Å². The summed E-state index contributed by atoms with van der Waals surface area (Å²) in [6, 6.07) is 6.09. The van der Waals surface area contributed by atoms with Crippen molar-refractivity contribution in [1.29, 1.82) is 0 Å². The van der Waals surface area contributed by atoms with Crippen LogP contribution in [0.2, 0.25) is 0 Å². The number of H-pyrrole nitrogens is 1. The molecule has 7 nitrogen and oxygen atoms in total. The summed E-state index contributed by atoms with van der Waals surface area (Å²) >= 11 is 0. The molecule has 0 aliphatic carbocycles. The number of hydrogen-bond acceptors (Lipinski definition) is 5. The first kappa shape index (κ1) is 20.2. The van der Waals surface area contributed by atoms with Crippen molar-refractivity contribution in [3.63, 3.8) is 0 Å². The highest BCUT2D eigenvalue weighted by Gasteiger charge is 2.30. The summed E-state index contributed by atoms with van der Waals surface area (Å²) in [6.07, 6.45) is -4.63. The van der Waals surface area contributed by atoms with Crippen molar-refractivity contribution in [3.8, 4) is 5.75 Å². The number of amides is 1. The van der Waals surface area contributed by atoms with E-state index in [9.17, 15) is 18.0 Å². The van der Waals surface area contributed by atoms with E-state index >= 15 is 0 Å². The molecule has 1 atom stereocenters. The van der Waals surface area contributed by atoms with E-state index in [-0.39, 0.29) is 30.1 Å². The number of aromatic nitrogens is 2. The predicted octanol–water partition coefficient (Wildman–Crippen LogP) is 2.49. The number of benzene rings is 1. The first-order chi connectivity index (χ1) is 13.3. The van der Waals surface area contributed by atoms with Crippen LogP contribution in [0.1, 0.15) is 21.7 Å². The number of alkyl halides is 3. The Kier molecular flexibility index (Phi) is 6.20. The van der Waals surface area contributed by atoms with Crippen LogP contribution >= 0.6 is 0 Å². The fourth-order valence-corrected chi connectivity index (χ4v) is 2.69. The Morgan fingerprint density at radius 1 is 1.36 bits per heavy atom. The van der Waals surface area contributed by atoms with Crippen molar-refractivity contribution in [2.75, 3.05) is 33.4 Å². The van der Waals surface area contributed by atoms with Crippen molar-refractivity contribution in [1.82, 2.24) is 15.1 Å². The van der Waals surface area contributed by atoms with Crippen molar-refractivity contribution in [2.24, 2.45) is 0 Å². The zero-order valence-corrected chi connectivity index (χ0v) is 15.2. The highest BCUT2D eigenvalue weighted by molar-refractivity contribution is 5.92. The minimum Gasteiger partial charge on any atom is -0.487 e. The Balaban J connectivity index is 1.55. The van der Waals surface area contributed by atoms with E-state index in [1.807, 2.05) is 0 Å². The van der Waals surface area contributed by atoms with E-state index in [1.54, 1.807) is 7.05 Å². The van der Waals surface area contributed by atoms with Gasteiger partial charge in [-0.05, 0) is 24.3 Å². The zero-order chi connectivity index (χ0) is 20.1. The number of halogens is 3. The molecule has 2 aromatic rings. The van der Waals surface area contributed by atoms with Crippen molar-refractivity contribution >= 4 is 5.91 Å². The number of aromatic amines is 1. The Bertz CT molecular complexity index is 803. The molecule has 0 radical (unpaired) electrons. The van der Waals surface area contributed by atoms with Gasteiger partial charge in [0.1, 0.15) is 12.4 Å². The summed E-state index contributed by atoms with van der Waals surface area (Å²) < 4.78 is 54.4. The molecule has 28 heavy (non-hydrogen) atoms. The molecule has 1 aromatic heterocycles. The molecular formula is C18H20F3N3O4.